The second kappa shape index (κ2) is 4.69. The molecule has 13 heavy (non-hydrogen) atoms. The van der Waals surface area contributed by atoms with Crippen LogP contribution in [0, 0.1) is 17.8 Å². The van der Waals surface area contributed by atoms with Gasteiger partial charge < -0.3 is 4.74 Å². The van der Waals surface area contributed by atoms with Crippen LogP contribution >= 0.6 is 0 Å². The minimum Gasteiger partial charge on any atom is -0.586 e. The summed E-state index contributed by atoms with van der Waals surface area (Å²) in [6, 6.07) is 0. The molecule has 1 aliphatic rings. The summed E-state index contributed by atoms with van der Waals surface area (Å²) in [6.45, 7) is 10.7. The van der Waals surface area contributed by atoms with Gasteiger partial charge >= 0.3 is 0 Å². The van der Waals surface area contributed by atoms with Crippen molar-refractivity contribution in [1.82, 2.24) is 0 Å². The van der Waals surface area contributed by atoms with E-state index in [0.717, 1.165) is 17.8 Å². The molecule has 0 aliphatic heterocycles. The third-order valence-corrected chi connectivity index (χ3v) is 3.28. The molecule has 1 saturated carbocycles. The van der Waals surface area contributed by atoms with E-state index >= 15 is 0 Å². The Morgan fingerprint density at radius 3 is 2.62 bits per heavy atom. The van der Waals surface area contributed by atoms with E-state index in [1.54, 1.807) is 6.26 Å². The zero-order valence-corrected chi connectivity index (χ0v) is 9.16. The molecule has 0 saturated heterocycles. The Bertz CT molecular complexity index is 163. The van der Waals surface area contributed by atoms with Crippen molar-refractivity contribution in [2.45, 2.75) is 46.1 Å². The van der Waals surface area contributed by atoms with Gasteiger partial charge in [-0.3, -0.25) is 0 Å². The molecule has 0 aromatic carbocycles. The van der Waals surface area contributed by atoms with Crippen molar-refractivity contribution < 1.29 is 4.74 Å². The molecule has 76 valence electrons. The molecule has 1 fully saturated rings. The Balaban J connectivity index is 2.54. The summed E-state index contributed by atoms with van der Waals surface area (Å²) in [6.07, 6.45) is 6.26. The second-order valence-corrected chi connectivity index (χ2v) is 4.73. The molecule has 0 aromatic rings. The van der Waals surface area contributed by atoms with Crippen molar-refractivity contribution in [2.75, 3.05) is 0 Å². The van der Waals surface area contributed by atoms with Gasteiger partial charge in [0.15, 0.2) is 6.10 Å². The first-order valence-electron chi connectivity index (χ1n) is 5.46. The van der Waals surface area contributed by atoms with Crippen molar-refractivity contribution in [3.63, 3.8) is 0 Å². The van der Waals surface area contributed by atoms with Crippen LogP contribution in [0.4, 0.5) is 0 Å². The molecule has 0 radical (unpaired) electrons. The van der Waals surface area contributed by atoms with E-state index in [1.165, 1.54) is 19.3 Å². The highest BCUT2D eigenvalue weighted by Crippen LogP contribution is 2.34. The SMILES string of the molecule is C=C[OH+][C@@H]1C[C@H](C)CC[C@H]1C(C)C. The number of aliphatic hydroxyl groups is 2. The number of hydrogen-bond acceptors (Lipinski definition) is 0. The van der Waals surface area contributed by atoms with Gasteiger partial charge in [0.25, 0.3) is 0 Å². The lowest BCUT2D eigenvalue weighted by molar-refractivity contribution is -0.0945. The number of hydrogen-bond donors (Lipinski definition) is 0. The van der Waals surface area contributed by atoms with E-state index in [9.17, 15) is 0 Å². The van der Waals surface area contributed by atoms with Crippen LogP contribution in [0.1, 0.15) is 40.0 Å². The summed E-state index contributed by atoms with van der Waals surface area (Å²) in [5.74, 6) is 2.40. The smallest absolute Gasteiger partial charge is 0.209 e. The predicted octanol–water partition coefficient (Wildman–Crippen LogP) is 3.12. The third kappa shape index (κ3) is 2.75. The van der Waals surface area contributed by atoms with E-state index in [1.807, 2.05) is 0 Å². The van der Waals surface area contributed by atoms with E-state index < -0.39 is 0 Å². The molecular weight excluding hydrogens is 160 g/mol. The molecule has 1 N–H and O–H groups in total. The molecule has 1 heteroatoms. The van der Waals surface area contributed by atoms with Gasteiger partial charge in [0, 0.05) is 12.3 Å². The van der Waals surface area contributed by atoms with Gasteiger partial charge in [-0.1, -0.05) is 20.8 Å². The zero-order valence-electron chi connectivity index (χ0n) is 9.16. The predicted molar refractivity (Wildman–Crippen MR) is 57.5 cm³/mol. The molecule has 1 nitrogen and oxygen atoms in total. The second-order valence-electron chi connectivity index (χ2n) is 4.73. The van der Waals surface area contributed by atoms with Crippen LogP contribution < -0.4 is 0 Å². The van der Waals surface area contributed by atoms with Crippen LogP contribution in [0.2, 0.25) is 0 Å². The largest absolute Gasteiger partial charge is 0.586 e. The maximum atomic E-state index is 4.50. The molecule has 0 aromatic heterocycles. The summed E-state index contributed by atoms with van der Waals surface area (Å²) < 4.78 is 4.50. The van der Waals surface area contributed by atoms with Gasteiger partial charge in [-0.2, -0.15) is 0 Å². The lowest BCUT2D eigenvalue weighted by Gasteiger charge is -2.34. The molecule has 1 aliphatic carbocycles. The maximum absolute atomic E-state index is 4.50. The normalized spacial score (nSPS) is 34.6. The average Bonchev–Trinajstić information content (AvgIpc) is 2.04. The van der Waals surface area contributed by atoms with E-state index in [0.29, 0.717) is 6.10 Å². The topological polar surface area (TPSA) is 12.8 Å². The Morgan fingerprint density at radius 1 is 1.38 bits per heavy atom. The Hall–Kier alpha value is -0.460. The van der Waals surface area contributed by atoms with Crippen LogP contribution in [0.25, 0.3) is 0 Å². The van der Waals surface area contributed by atoms with Crippen molar-refractivity contribution in [3.05, 3.63) is 12.8 Å². The monoisotopic (exact) mass is 183 g/mol. The van der Waals surface area contributed by atoms with Gasteiger partial charge in [-0.15, -0.1) is 0 Å². The summed E-state index contributed by atoms with van der Waals surface area (Å²) in [4.78, 5) is 0. The summed E-state index contributed by atoms with van der Waals surface area (Å²) in [5.41, 5.74) is 0. The van der Waals surface area contributed by atoms with E-state index in [4.69, 9.17) is 0 Å². The van der Waals surface area contributed by atoms with E-state index in [-0.39, 0.29) is 0 Å². The van der Waals surface area contributed by atoms with Crippen LogP contribution in [0.15, 0.2) is 12.8 Å². The Labute approximate surface area is 82.2 Å². The number of ether oxygens (including phenoxy) is 1. The van der Waals surface area contributed by atoms with Gasteiger partial charge in [0.1, 0.15) is 0 Å². The first kappa shape index (κ1) is 10.6. The third-order valence-electron chi connectivity index (χ3n) is 3.28. The van der Waals surface area contributed by atoms with Gasteiger partial charge in [-0.05, 0) is 31.3 Å². The summed E-state index contributed by atoms with van der Waals surface area (Å²) >= 11 is 0. The Morgan fingerprint density at radius 2 is 2.08 bits per heavy atom. The summed E-state index contributed by atoms with van der Waals surface area (Å²) in [7, 11) is 0. The highest BCUT2D eigenvalue weighted by Gasteiger charge is 2.34. The fraction of sp³-hybridized carbons (Fsp3) is 0.833. The number of rotatable bonds is 3. The van der Waals surface area contributed by atoms with Crippen molar-refractivity contribution >= 4 is 0 Å². The first-order chi connectivity index (χ1) is 6.15. The highest BCUT2D eigenvalue weighted by atomic mass is 16.5. The minimum atomic E-state index is 0.543. The highest BCUT2D eigenvalue weighted by molar-refractivity contribution is 4.81. The lowest BCUT2D eigenvalue weighted by Crippen LogP contribution is -2.34. The van der Waals surface area contributed by atoms with Gasteiger partial charge in [-0.25, -0.2) is 0 Å². The maximum Gasteiger partial charge on any atom is 0.209 e. The van der Waals surface area contributed by atoms with Gasteiger partial charge in [0.05, 0.1) is 0 Å². The Kier molecular flexibility index (Phi) is 3.83. The van der Waals surface area contributed by atoms with Crippen molar-refractivity contribution in [1.29, 1.82) is 0 Å². The van der Waals surface area contributed by atoms with Crippen molar-refractivity contribution in [3.8, 4) is 0 Å². The minimum absolute atomic E-state index is 0.543. The van der Waals surface area contributed by atoms with Crippen LogP contribution in [0.3, 0.4) is 0 Å². The molecule has 0 bridgehead atoms. The summed E-state index contributed by atoms with van der Waals surface area (Å²) in [5, 5.41) is 0. The molecule has 0 amide bonds. The van der Waals surface area contributed by atoms with Crippen LogP contribution in [-0.2, 0) is 0 Å². The molecule has 0 spiro atoms. The van der Waals surface area contributed by atoms with Crippen LogP contribution in [-0.4, -0.2) is 10.8 Å². The standard InChI is InChI=1S/C12H22O/c1-5-13-12-8-10(4)6-7-11(12)9(2)3/h5,9-12H,1,6-8H2,2-4H3/p+1/t10-,11+,12-/m1/s1. The van der Waals surface area contributed by atoms with Gasteiger partial charge in [0.2, 0.25) is 6.26 Å². The average molecular weight is 183 g/mol. The first-order valence-corrected chi connectivity index (χ1v) is 5.46. The molecule has 0 heterocycles. The molecule has 1 rings (SSSR count). The fourth-order valence-corrected chi connectivity index (χ4v) is 2.46. The lowest BCUT2D eigenvalue weighted by atomic mass is 9.75. The zero-order chi connectivity index (χ0) is 9.84. The molecule has 3 atom stereocenters. The molecule has 0 unspecified atom stereocenters. The van der Waals surface area contributed by atoms with E-state index in [2.05, 4.69) is 32.1 Å². The fourth-order valence-electron chi connectivity index (χ4n) is 2.46. The molecular formula is C12H23O+. The van der Waals surface area contributed by atoms with Crippen molar-refractivity contribution in [2.24, 2.45) is 17.8 Å². The van der Waals surface area contributed by atoms with Crippen LogP contribution in [0.5, 0.6) is 0 Å². The quantitative estimate of drug-likeness (QED) is 0.471.